The van der Waals surface area contributed by atoms with Crippen molar-refractivity contribution in [3.05, 3.63) is 41.7 Å². The zero-order chi connectivity index (χ0) is 14.3. The van der Waals surface area contributed by atoms with Crippen LogP contribution in [0.15, 0.2) is 30.5 Å². The summed E-state index contributed by atoms with van der Waals surface area (Å²) >= 11 is 0. The fraction of sp³-hybridized carbons (Fsp3) is 0.357. The summed E-state index contributed by atoms with van der Waals surface area (Å²) < 4.78 is 40.1. The van der Waals surface area contributed by atoms with Gasteiger partial charge < -0.3 is 9.67 Å². The molecule has 2 aromatic rings. The van der Waals surface area contributed by atoms with Crippen molar-refractivity contribution in [2.45, 2.75) is 31.7 Å². The minimum Gasteiger partial charge on any atom is -0.393 e. The number of benzene rings is 1. The van der Waals surface area contributed by atoms with Crippen molar-refractivity contribution in [2.24, 2.45) is 0 Å². The lowest BCUT2D eigenvalue weighted by molar-refractivity contribution is -0.137. The second-order valence-electron chi connectivity index (χ2n) is 4.95. The van der Waals surface area contributed by atoms with Crippen LogP contribution in [0.1, 0.15) is 17.7 Å². The minimum atomic E-state index is -4.36. The van der Waals surface area contributed by atoms with E-state index in [-0.39, 0.29) is 0 Å². The second kappa shape index (κ2) is 4.63. The number of imidazole rings is 1. The number of hydrogen-bond acceptors (Lipinski definition) is 2. The van der Waals surface area contributed by atoms with Crippen molar-refractivity contribution in [3.63, 3.8) is 0 Å². The van der Waals surface area contributed by atoms with E-state index in [4.69, 9.17) is 0 Å². The van der Waals surface area contributed by atoms with Crippen LogP contribution in [-0.2, 0) is 19.1 Å². The molecule has 106 valence electrons. The van der Waals surface area contributed by atoms with Crippen LogP contribution in [-0.4, -0.2) is 20.8 Å². The molecule has 1 N–H and O–H groups in total. The van der Waals surface area contributed by atoms with Crippen LogP contribution in [0.5, 0.6) is 0 Å². The van der Waals surface area contributed by atoms with E-state index in [1.807, 2.05) is 4.57 Å². The molecule has 6 heteroatoms. The number of alkyl halides is 3. The van der Waals surface area contributed by atoms with Gasteiger partial charge in [-0.15, -0.1) is 0 Å². The molecule has 0 saturated carbocycles. The summed E-state index contributed by atoms with van der Waals surface area (Å²) in [6, 6.07) is 5.17. The second-order valence-corrected chi connectivity index (χ2v) is 4.95. The molecule has 0 amide bonds. The smallest absolute Gasteiger partial charge is 0.393 e. The molecule has 0 aliphatic carbocycles. The summed E-state index contributed by atoms with van der Waals surface area (Å²) in [4.78, 5) is 4.21. The first kappa shape index (κ1) is 13.2. The predicted molar refractivity (Wildman–Crippen MR) is 67.0 cm³/mol. The van der Waals surface area contributed by atoms with Gasteiger partial charge in [0, 0.05) is 30.4 Å². The van der Waals surface area contributed by atoms with E-state index >= 15 is 0 Å². The number of rotatable bonds is 1. The Morgan fingerprint density at radius 3 is 2.85 bits per heavy atom. The van der Waals surface area contributed by atoms with Crippen LogP contribution in [0.25, 0.3) is 11.4 Å². The standard InChI is InChI=1S/C14H13F3N2O/c15-14(16,17)10-3-1-2-9(6-10)13-18-8-11-7-12(20)4-5-19(11)13/h1-3,6,8,12,20H,4-5,7H2. The molecule has 1 aromatic heterocycles. The van der Waals surface area contributed by atoms with Crippen LogP contribution in [0.4, 0.5) is 13.2 Å². The van der Waals surface area contributed by atoms with Crippen molar-refractivity contribution in [1.29, 1.82) is 0 Å². The van der Waals surface area contributed by atoms with E-state index in [0.717, 1.165) is 17.8 Å². The van der Waals surface area contributed by atoms with Crippen molar-refractivity contribution >= 4 is 0 Å². The Morgan fingerprint density at radius 2 is 2.10 bits per heavy atom. The number of nitrogens with zero attached hydrogens (tertiary/aromatic N) is 2. The van der Waals surface area contributed by atoms with Gasteiger partial charge in [-0.3, -0.25) is 0 Å². The van der Waals surface area contributed by atoms with Crippen LogP contribution in [0, 0.1) is 0 Å². The van der Waals surface area contributed by atoms with Crippen molar-refractivity contribution in [2.75, 3.05) is 0 Å². The zero-order valence-corrected chi connectivity index (χ0v) is 10.6. The number of aromatic nitrogens is 2. The van der Waals surface area contributed by atoms with E-state index in [1.165, 1.54) is 6.07 Å². The van der Waals surface area contributed by atoms with Gasteiger partial charge in [0.25, 0.3) is 0 Å². The van der Waals surface area contributed by atoms with Gasteiger partial charge in [-0.2, -0.15) is 13.2 Å². The molecular weight excluding hydrogens is 269 g/mol. The average Bonchev–Trinajstić information content (AvgIpc) is 2.80. The van der Waals surface area contributed by atoms with E-state index in [1.54, 1.807) is 12.3 Å². The molecule has 1 atom stereocenters. The van der Waals surface area contributed by atoms with Gasteiger partial charge >= 0.3 is 6.18 Å². The first-order valence-corrected chi connectivity index (χ1v) is 6.35. The topological polar surface area (TPSA) is 38.0 Å². The molecule has 2 heterocycles. The Morgan fingerprint density at radius 1 is 1.30 bits per heavy atom. The third kappa shape index (κ3) is 2.31. The number of hydrogen-bond donors (Lipinski definition) is 1. The van der Waals surface area contributed by atoms with E-state index in [0.29, 0.717) is 30.8 Å². The first-order chi connectivity index (χ1) is 9.45. The molecule has 3 rings (SSSR count). The number of fused-ring (bicyclic) bond motifs is 1. The van der Waals surface area contributed by atoms with Crippen molar-refractivity contribution in [1.82, 2.24) is 9.55 Å². The van der Waals surface area contributed by atoms with Crippen LogP contribution in [0.2, 0.25) is 0 Å². The summed E-state index contributed by atoms with van der Waals surface area (Å²) in [6.45, 7) is 0.572. The quantitative estimate of drug-likeness (QED) is 0.873. The summed E-state index contributed by atoms with van der Waals surface area (Å²) in [5.41, 5.74) is 0.627. The summed E-state index contributed by atoms with van der Waals surface area (Å²) in [6.07, 6.45) is -2.04. The Hall–Kier alpha value is -1.82. The highest BCUT2D eigenvalue weighted by Gasteiger charge is 2.31. The van der Waals surface area contributed by atoms with Gasteiger partial charge in [0.2, 0.25) is 0 Å². The molecule has 1 aromatic carbocycles. The van der Waals surface area contributed by atoms with Crippen molar-refractivity contribution in [3.8, 4) is 11.4 Å². The summed E-state index contributed by atoms with van der Waals surface area (Å²) in [5, 5.41) is 9.60. The molecule has 1 unspecified atom stereocenters. The molecule has 0 bridgehead atoms. The molecule has 3 nitrogen and oxygen atoms in total. The molecule has 1 aliphatic rings. The fourth-order valence-corrected chi connectivity index (χ4v) is 2.51. The highest BCUT2D eigenvalue weighted by Crippen LogP contribution is 2.32. The number of aliphatic hydroxyl groups excluding tert-OH is 1. The van der Waals surface area contributed by atoms with Crippen molar-refractivity contribution < 1.29 is 18.3 Å². The summed E-state index contributed by atoms with van der Waals surface area (Å²) in [7, 11) is 0. The van der Waals surface area contributed by atoms with Gasteiger partial charge in [-0.1, -0.05) is 12.1 Å². The van der Waals surface area contributed by atoms with E-state index in [2.05, 4.69) is 4.98 Å². The van der Waals surface area contributed by atoms with Crippen LogP contribution >= 0.6 is 0 Å². The molecule has 20 heavy (non-hydrogen) atoms. The molecule has 0 fully saturated rings. The Kier molecular flexibility index (Phi) is 3.05. The molecule has 1 aliphatic heterocycles. The van der Waals surface area contributed by atoms with Gasteiger partial charge in [-0.05, 0) is 18.6 Å². The highest BCUT2D eigenvalue weighted by atomic mass is 19.4. The highest BCUT2D eigenvalue weighted by molar-refractivity contribution is 5.58. The maximum atomic E-state index is 12.7. The molecule has 0 saturated heterocycles. The molecular formula is C14H13F3N2O. The van der Waals surface area contributed by atoms with E-state index < -0.39 is 17.8 Å². The fourth-order valence-electron chi connectivity index (χ4n) is 2.51. The lowest BCUT2D eigenvalue weighted by Gasteiger charge is -2.21. The van der Waals surface area contributed by atoms with Gasteiger partial charge in [-0.25, -0.2) is 4.98 Å². The van der Waals surface area contributed by atoms with Crippen LogP contribution < -0.4 is 0 Å². The SMILES string of the molecule is OC1CCn2c(cnc2-c2cccc(C(F)(F)F)c2)C1. The normalized spacial score (nSPS) is 18.9. The third-order valence-corrected chi connectivity index (χ3v) is 3.52. The maximum Gasteiger partial charge on any atom is 0.416 e. The molecule has 0 radical (unpaired) electrons. The Bertz CT molecular complexity index is 634. The lowest BCUT2D eigenvalue weighted by Crippen LogP contribution is -2.23. The average molecular weight is 282 g/mol. The largest absolute Gasteiger partial charge is 0.416 e. The Labute approximate surface area is 113 Å². The van der Waals surface area contributed by atoms with Gasteiger partial charge in [0.15, 0.2) is 0 Å². The minimum absolute atomic E-state index is 0.395. The van der Waals surface area contributed by atoms with Gasteiger partial charge in [0.05, 0.1) is 11.7 Å². The zero-order valence-electron chi connectivity index (χ0n) is 10.6. The van der Waals surface area contributed by atoms with Crippen LogP contribution in [0.3, 0.4) is 0 Å². The predicted octanol–water partition coefficient (Wildman–Crippen LogP) is 2.88. The summed E-state index contributed by atoms with van der Waals surface area (Å²) in [5.74, 6) is 0.526. The molecule has 0 spiro atoms. The third-order valence-electron chi connectivity index (χ3n) is 3.52. The number of aliphatic hydroxyl groups is 1. The monoisotopic (exact) mass is 282 g/mol. The Balaban J connectivity index is 2.02. The first-order valence-electron chi connectivity index (χ1n) is 6.35. The number of halogens is 3. The lowest BCUT2D eigenvalue weighted by atomic mass is 10.1. The van der Waals surface area contributed by atoms with Gasteiger partial charge in [0.1, 0.15) is 5.82 Å². The van der Waals surface area contributed by atoms with E-state index in [9.17, 15) is 18.3 Å². The maximum absolute atomic E-state index is 12.7.